The molecule has 4 aromatic rings. The highest BCUT2D eigenvalue weighted by atomic mass is 35.5. The SMILES string of the molecule is C[C@@H]1CNc2c(sc3ccc4nc(Oc5nc(Cl)ncc5C(=O)N5CCCC5)cnc4c23)C(=O)N1. The van der Waals surface area contributed by atoms with Gasteiger partial charge in [0, 0.05) is 42.0 Å². The van der Waals surface area contributed by atoms with Crippen LogP contribution in [0, 0.1) is 0 Å². The van der Waals surface area contributed by atoms with E-state index in [1.54, 1.807) is 4.90 Å². The molecule has 1 fully saturated rings. The van der Waals surface area contributed by atoms with E-state index in [0.717, 1.165) is 28.6 Å². The molecule has 2 aliphatic rings. The van der Waals surface area contributed by atoms with Crippen LogP contribution in [0.3, 0.4) is 0 Å². The minimum atomic E-state index is -0.204. The van der Waals surface area contributed by atoms with Crippen molar-refractivity contribution in [2.45, 2.75) is 25.8 Å². The van der Waals surface area contributed by atoms with E-state index in [1.807, 2.05) is 19.1 Å². The van der Waals surface area contributed by atoms with E-state index in [9.17, 15) is 9.59 Å². The first-order valence-electron chi connectivity index (χ1n) is 11.2. The van der Waals surface area contributed by atoms with Crippen LogP contribution in [-0.2, 0) is 0 Å². The van der Waals surface area contributed by atoms with Gasteiger partial charge in [-0.3, -0.25) is 9.59 Å². The van der Waals surface area contributed by atoms with Crippen molar-refractivity contribution in [1.29, 1.82) is 0 Å². The Labute approximate surface area is 208 Å². The van der Waals surface area contributed by atoms with Crippen molar-refractivity contribution in [2.75, 3.05) is 25.0 Å². The number of nitrogens with zero attached hydrogens (tertiary/aromatic N) is 5. The largest absolute Gasteiger partial charge is 0.418 e. The fourth-order valence-electron chi connectivity index (χ4n) is 4.38. The Kier molecular flexibility index (Phi) is 5.37. The van der Waals surface area contributed by atoms with Crippen molar-refractivity contribution in [3.8, 4) is 11.8 Å². The van der Waals surface area contributed by atoms with Crippen molar-refractivity contribution in [3.63, 3.8) is 0 Å². The van der Waals surface area contributed by atoms with Crippen LogP contribution >= 0.6 is 22.9 Å². The first-order valence-corrected chi connectivity index (χ1v) is 12.4. The number of rotatable bonds is 3. The number of ether oxygens (including phenoxy) is 1. The number of fused-ring (bicyclic) bond motifs is 5. The van der Waals surface area contributed by atoms with Crippen LogP contribution in [0.15, 0.2) is 24.5 Å². The maximum atomic E-state index is 13.0. The van der Waals surface area contributed by atoms with Crippen LogP contribution in [0.4, 0.5) is 5.69 Å². The van der Waals surface area contributed by atoms with E-state index in [2.05, 4.69) is 30.6 Å². The number of nitrogens with one attached hydrogen (secondary N) is 2. The fraction of sp³-hybridized carbons (Fsp3) is 0.304. The van der Waals surface area contributed by atoms with Gasteiger partial charge in [-0.05, 0) is 43.5 Å². The molecule has 0 aliphatic carbocycles. The summed E-state index contributed by atoms with van der Waals surface area (Å²) in [7, 11) is 0. The highest BCUT2D eigenvalue weighted by Gasteiger charge is 2.27. The number of likely N-dealkylation sites (tertiary alicyclic amines) is 1. The number of amides is 2. The Morgan fingerprint density at radius 2 is 2.03 bits per heavy atom. The first kappa shape index (κ1) is 21.9. The molecule has 12 heteroatoms. The molecule has 0 bridgehead atoms. The molecule has 178 valence electrons. The highest BCUT2D eigenvalue weighted by molar-refractivity contribution is 7.21. The number of benzene rings is 1. The van der Waals surface area contributed by atoms with E-state index in [-0.39, 0.29) is 40.5 Å². The van der Waals surface area contributed by atoms with Gasteiger partial charge in [-0.15, -0.1) is 11.3 Å². The maximum Gasteiger partial charge on any atom is 0.263 e. The molecule has 0 unspecified atom stereocenters. The normalized spacial score (nSPS) is 17.7. The van der Waals surface area contributed by atoms with Gasteiger partial charge in [-0.1, -0.05) is 0 Å². The second-order valence-electron chi connectivity index (χ2n) is 8.54. The molecule has 0 saturated carbocycles. The van der Waals surface area contributed by atoms with Crippen LogP contribution in [-0.4, -0.2) is 62.3 Å². The molecule has 1 aromatic carbocycles. The number of hydrogen-bond donors (Lipinski definition) is 2. The summed E-state index contributed by atoms with van der Waals surface area (Å²) in [5.41, 5.74) is 2.22. The smallest absolute Gasteiger partial charge is 0.263 e. The van der Waals surface area contributed by atoms with Gasteiger partial charge in [-0.2, -0.15) is 4.98 Å². The minimum Gasteiger partial charge on any atom is -0.418 e. The summed E-state index contributed by atoms with van der Waals surface area (Å²) in [4.78, 5) is 45.3. The summed E-state index contributed by atoms with van der Waals surface area (Å²) < 4.78 is 6.84. The van der Waals surface area contributed by atoms with Gasteiger partial charge in [0.1, 0.15) is 10.4 Å². The molecule has 5 heterocycles. The molecule has 1 atom stereocenters. The van der Waals surface area contributed by atoms with Gasteiger partial charge in [0.05, 0.1) is 22.9 Å². The summed E-state index contributed by atoms with van der Waals surface area (Å²) in [5.74, 6) is -0.101. The third-order valence-corrected chi connectivity index (χ3v) is 7.40. The topological polar surface area (TPSA) is 122 Å². The van der Waals surface area contributed by atoms with Gasteiger partial charge in [0.25, 0.3) is 11.8 Å². The Balaban J connectivity index is 1.39. The van der Waals surface area contributed by atoms with Crippen molar-refractivity contribution in [1.82, 2.24) is 30.2 Å². The molecule has 1 saturated heterocycles. The fourth-order valence-corrected chi connectivity index (χ4v) is 5.59. The van der Waals surface area contributed by atoms with Gasteiger partial charge >= 0.3 is 0 Å². The second-order valence-corrected chi connectivity index (χ2v) is 9.93. The Morgan fingerprint density at radius 3 is 2.86 bits per heavy atom. The molecule has 2 N–H and O–H groups in total. The second kappa shape index (κ2) is 8.58. The Bertz CT molecular complexity index is 1500. The van der Waals surface area contributed by atoms with E-state index in [1.165, 1.54) is 23.7 Å². The van der Waals surface area contributed by atoms with Crippen molar-refractivity contribution in [2.24, 2.45) is 0 Å². The van der Waals surface area contributed by atoms with Gasteiger partial charge in [-0.25, -0.2) is 15.0 Å². The molecule has 2 amide bonds. The number of aromatic nitrogens is 4. The van der Waals surface area contributed by atoms with Gasteiger partial charge in [0.2, 0.25) is 17.0 Å². The number of thiophene rings is 1. The summed E-state index contributed by atoms with van der Waals surface area (Å²) in [6.45, 7) is 3.93. The quantitative estimate of drug-likeness (QED) is 0.399. The Hall–Kier alpha value is -3.57. The molecule has 0 radical (unpaired) electrons. The predicted molar refractivity (Wildman–Crippen MR) is 133 cm³/mol. The average molecular weight is 510 g/mol. The Morgan fingerprint density at radius 1 is 1.20 bits per heavy atom. The number of carbonyl (C=O) groups is 2. The van der Waals surface area contributed by atoms with Crippen molar-refractivity contribution < 1.29 is 14.3 Å². The van der Waals surface area contributed by atoms with E-state index in [0.29, 0.717) is 35.5 Å². The average Bonchev–Trinajstić information content (AvgIpc) is 3.48. The van der Waals surface area contributed by atoms with Crippen LogP contribution in [0.2, 0.25) is 5.28 Å². The zero-order valence-electron chi connectivity index (χ0n) is 18.7. The molecular formula is C23H20ClN7O3S. The highest BCUT2D eigenvalue weighted by Crippen LogP contribution is 2.40. The number of anilines is 1. The number of hydrogen-bond acceptors (Lipinski definition) is 9. The lowest BCUT2D eigenvalue weighted by molar-refractivity contribution is 0.0788. The standard InChI is InChI=1S/C23H20ClN7O3S/c1-11-8-25-18-16-14(35-19(18)20(32)28-11)5-4-13-17(16)26-10-15(29-13)34-21-12(9-27-23(24)30-21)22(33)31-6-2-3-7-31/h4-5,9-11,25H,2-3,6-8H2,1H3,(H,28,32)/t11-/m1/s1. The molecule has 2 aliphatic heterocycles. The van der Waals surface area contributed by atoms with Crippen LogP contribution in [0.25, 0.3) is 21.1 Å². The summed E-state index contributed by atoms with van der Waals surface area (Å²) >= 11 is 7.41. The minimum absolute atomic E-state index is 0.00960. The van der Waals surface area contributed by atoms with E-state index in [4.69, 9.17) is 16.3 Å². The lowest BCUT2D eigenvalue weighted by Crippen LogP contribution is -2.34. The number of halogens is 1. The molecule has 3 aromatic heterocycles. The zero-order chi connectivity index (χ0) is 24.1. The summed E-state index contributed by atoms with van der Waals surface area (Å²) in [5, 5.41) is 7.18. The molecule has 35 heavy (non-hydrogen) atoms. The monoisotopic (exact) mass is 509 g/mol. The van der Waals surface area contributed by atoms with Crippen molar-refractivity contribution in [3.05, 3.63) is 40.3 Å². The van der Waals surface area contributed by atoms with Crippen LogP contribution in [0.5, 0.6) is 11.8 Å². The van der Waals surface area contributed by atoms with Gasteiger partial charge in [0.15, 0.2) is 0 Å². The van der Waals surface area contributed by atoms with Crippen molar-refractivity contribution >= 4 is 61.6 Å². The predicted octanol–water partition coefficient (Wildman–Crippen LogP) is 3.86. The summed E-state index contributed by atoms with van der Waals surface area (Å²) in [6, 6.07) is 3.75. The molecule has 0 spiro atoms. The lowest BCUT2D eigenvalue weighted by atomic mass is 10.1. The molecule has 6 rings (SSSR count). The van der Waals surface area contributed by atoms with E-state index < -0.39 is 0 Å². The van der Waals surface area contributed by atoms with Gasteiger partial charge < -0.3 is 20.3 Å². The first-order chi connectivity index (χ1) is 17.0. The summed E-state index contributed by atoms with van der Waals surface area (Å²) in [6.07, 6.45) is 4.78. The van der Waals surface area contributed by atoms with Crippen LogP contribution in [0.1, 0.15) is 39.8 Å². The third kappa shape index (κ3) is 3.90. The third-order valence-electron chi connectivity index (χ3n) is 6.06. The lowest BCUT2D eigenvalue weighted by Gasteiger charge is -2.16. The van der Waals surface area contributed by atoms with E-state index >= 15 is 0 Å². The molecular weight excluding hydrogens is 490 g/mol. The maximum absolute atomic E-state index is 13.0. The number of carbonyl (C=O) groups excluding carboxylic acids is 2. The van der Waals surface area contributed by atoms with Crippen LogP contribution < -0.4 is 15.4 Å². The molecule has 10 nitrogen and oxygen atoms in total. The zero-order valence-corrected chi connectivity index (χ0v) is 20.2.